The van der Waals surface area contributed by atoms with Gasteiger partial charge in [0.15, 0.2) is 0 Å². The molecule has 0 aliphatic heterocycles. The number of aliphatic hydroxyl groups excluding tert-OH is 1. The molecule has 1 unspecified atom stereocenters. The lowest BCUT2D eigenvalue weighted by Crippen LogP contribution is -2.40. The number of carbonyl (C=O) groups excluding carboxylic acids is 1. The van der Waals surface area contributed by atoms with Crippen molar-refractivity contribution in [3.05, 3.63) is 52.2 Å². The number of hydrogen-bond acceptors (Lipinski definition) is 3. The number of nitrogens with zero attached hydrogens (tertiary/aromatic N) is 1. The summed E-state index contributed by atoms with van der Waals surface area (Å²) in [6.07, 6.45) is 3.73. The topological polar surface area (TPSA) is 52.6 Å². The molecule has 1 aliphatic rings. The Labute approximate surface area is 140 Å². The minimum absolute atomic E-state index is 0.0847. The Kier molecular flexibility index (Phi) is 5.31. The van der Waals surface area contributed by atoms with Gasteiger partial charge in [0.05, 0.1) is 11.7 Å². The number of carbonyl (C=O) groups is 1. The molecule has 0 spiro atoms. The van der Waals surface area contributed by atoms with Crippen LogP contribution in [0.3, 0.4) is 0 Å². The minimum Gasteiger partial charge on any atom is -0.396 e. The number of aliphatic hydroxyl groups is 1. The predicted molar refractivity (Wildman–Crippen MR) is 93.9 cm³/mol. The minimum atomic E-state index is -0.0847. The summed E-state index contributed by atoms with van der Waals surface area (Å²) in [7, 11) is 0. The van der Waals surface area contributed by atoms with Gasteiger partial charge < -0.3 is 15.3 Å². The van der Waals surface area contributed by atoms with Crippen LogP contribution in [0.1, 0.15) is 36.4 Å². The molecule has 0 saturated heterocycles. The molecule has 4 nitrogen and oxygen atoms in total. The quantitative estimate of drug-likeness (QED) is 0.869. The van der Waals surface area contributed by atoms with Crippen molar-refractivity contribution in [1.82, 2.24) is 4.90 Å². The van der Waals surface area contributed by atoms with Crippen LogP contribution in [0.2, 0.25) is 0 Å². The molecule has 0 fully saturated rings. The third-order valence-electron chi connectivity index (χ3n) is 4.30. The number of nitrogens with one attached hydrogen (secondary N) is 1. The molecule has 0 saturated carbocycles. The maximum atomic E-state index is 12.8. The molecule has 2 N–H and O–H groups in total. The lowest BCUT2D eigenvalue weighted by Gasteiger charge is -2.36. The summed E-state index contributed by atoms with van der Waals surface area (Å²) in [6.45, 7) is 0.655. The lowest BCUT2D eigenvalue weighted by molar-refractivity contribution is 0.169. The van der Waals surface area contributed by atoms with Crippen LogP contribution < -0.4 is 5.32 Å². The normalized spacial score (nSPS) is 16.7. The summed E-state index contributed by atoms with van der Waals surface area (Å²) < 4.78 is 0. The van der Waals surface area contributed by atoms with Crippen molar-refractivity contribution < 1.29 is 9.90 Å². The summed E-state index contributed by atoms with van der Waals surface area (Å²) >= 11 is 1.56. The van der Waals surface area contributed by atoms with Gasteiger partial charge in [0.1, 0.15) is 0 Å². The van der Waals surface area contributed by atoms with E-state index in [4.69, 9.17) is 0 Å². The fourth-order valence-electron chi connectivity index (χ4n) is 3.22. The number of fused-ring (bicyclic) bond motifs is 1. The fourth-order valence-corrected chi connectivity index (χ4v) is 3.81. The van der Waals surface area contributed by atoms with Gasteiger partial charge in [0, 0.05) is 18.5 Å². The highest BCUT2D eigenvalue weighted by molar-refractivity contribution is 7.08. The number of thiophene rings is 1. The zero-order valence-corrected chi connectivity index (χ0v) is 13.9. The van der Waals surface area contributed by atoms with E-state index in [-0.39, 0.29) is 18.7 Å². The van der Waals surface area contributed by atoms with Crippen molar-refractivity contribution in [3.63, 3.8) is 0 Å². The van der Waals surface area contributed by atoms with E-state index in [9.17, 15) is 9.90 Å². The number of amides is 2. The largest absolute Gasteiger partial charge is 0.396 e. The second-order valence-corrected chi connectivity index (χ2v) is 6.60. The monoisotopic (exact) mass is 330 g/mol. The molecule has 0 radical (unpaired) electrons. The molecule has 2 aromatic rings. The van der Waals surface area contributed by atoms with Gasteiger partial charge in [-0.1, -0.05) is 24.3 Å². The van der Waals surface area contributed by atoms with Crippen LogP contribution in [0.5, 0.6) is 0 Å². The highest BCUT2D eigenvalue weighted by Crippen LogP contribution is 2.34. The van der Waals surface area contributed by atoms with E-state index >= 15 is 0 Å². The summed E-state index contributed by atoms with van der Waals surface area (Å²) in [5.41, 5.74) is 3.41. The van der Waals surface area contributed by atoms with Crippen LogP contribution in [-0.2, 0) is 6.42 Å². The fraction of sp³-hybridized carbons (Fsp3) is 0.389. The Morgan fingerprint density at radius 3 is 3.00 bits per heavy atom. The van der Waals surface area contributed by atoms with Gasteiger partial charge in [0.25, 0.3) is 0 Å². The van der Waals surface area contributed by atoms with Gasteiger partial charge in [0.2, 0.25) is 0 Å². The molecule has 1 heterocycles. The van der Waals surface area contributed by atoms with Crippen LogP contribution in [0.25, 0.3) is 0 Å². The highest BCUT2D eigenvalue weighted by atomic mass is 32.1. The van der Waals surface area contributed by atoms with Gasteiger partial charge in [-0.15, -0.1) is 0 Å². The smallest absolute Gasteiger partial charge is 0.322 e. The van der Waals surface area contributed by atoms with Crippen molar-refractivity contribution in [1.29, 1.82) is 0 Å². The van der Waals surface area contributed by atoms with Crippen LogP contribution in [0.4, 0.5) is 10.5 Å². The van der Waals surface area contributed by atoms with Gasteiger partial charge >= 0.3 is 6.03 Å². The molecule has 122 valence electrons. The second-order valence-electron chi connectivity index (χ2n) is 5.82. The van der Waals surface area contributed by atoms with E-state index < -0.39 is 0 Å². The van der Waals surface area contributed by atoms with Gasteiger partial charge in [-0.2, -0.15) is 11.3 Å². The first-order valence-corrected chi connectivity index (χ1v) is 9.02. The number of rotatable bonds is 5. The SMILES string of the molecule is O=C(Nc1ccsc1)N(CCCO)C1CCCc2ccccc21. The zero-order chi connectivity index (χ0) is 16.1. The summed E-state index contributed by atoms with van der Waals surface area (Å²) in [6, 6.07) is 10.3. The maximum Gasteiger partial charge on any atom is 0.322 e. The molecule has 2 amide bonds. The van der Waals surface area contributed by atoms with Crippen molar-refractivity contribution in [2.24, 2.45) is 0 Å². The van der Waals surface area contributed by atoms with Crippen LogP contribution in [0.15, 0.2) is 41.1 Å². The maximum absolute atomic E-state index is 12.8. The third kappa shape index (κ3) is 3.74. The van der Waals surface area contributed by atoms with Gasteiger partial charge in [-0.3, -0.25) is 0 Å². The van der Waals surface area contributed by atoms with E-state index in [2.05, 4.69) is 23.5 Å². The first kappa shape index (κ1) is 16.0. The average Bonchev–Trinajstić information content (AvgIpc) is 3.08. The molecule has 1 aromatic carbocycles. The van der Waals surface area contributed by atoms with E-state index in [1.807, 2.05) is 27.8 Å². The Bertz CT molecular complexity index is 642. The first-order valence-electron chi connectivity index (χ1n) is 8.08. The number of hydrogen-bond donors (Lipinski definition) is 2. The third-order valence-corrected chi connectivity index (χ3v) is 4.99. The van der Waals surface area contributed by atoms with Gasteiger partial charge in [-0.25, -0.2) is 4.79 Å². The zero-order valence-electron chi connectivity index (χ0n) is 13.1. The summed E-state index contributed by atoms with van der Waals surface area (Å²) in [5, 5.41) is 16.0. The van der Waals surface area contributed by atoms with E-state index in [1.54, 1.807) is 11.3 Å². The number of urea groups is 1. The summed E-state index contributed by atoms with van der Waals surface area (Å²) in [4.78, 5) is 14.6. The number of anilines is 1. The van der Waals surface area contributed by atoms with Crippen LogP contribution in [-0.4, -0.2) is 29.2 Å². The first-order chi connectivity index (χ1) is 11.3. The van der Waals surface area contributed by atoms with Gasteiger partial charge in [-0.05, 0) is 48.3 Å². The lowest BCUT2D eigenvalue weighted by atomic mass is 9.87. The second kappa shape index (κ2) is 7.62. The average molecular weight is 330 g/mol. The molecule has 1 atom stereocenters. The molecular formula is C18H22N2O2S. The Balaban J connectivity index is 1.83. The van der Waals surface area contributed by atoms with Crippen LogP contribution in [0, 0.1) is 0 Å². The number of aryl methyl sites for hydroxylation is 1. The molecular weight excluding hydrogens is 308 g/mol. The molecule has 23 heavy (non-hydrogen) atoms. The Morgan fingerprint density at radius 1 is 1.35 bits per heavy atom. The highest BCUT2D eigenvalue weighted by Gasteiger charge is 2.28. The Morgan fingerprint density at radius 2 is 2.22 bits per heavy atom. The Hall–Kier alpha value is -1.85. The summed E-state index contributed by atoms with van der Waals surface area (Å²) in [5.74, 6) is 0. The van der Waals surface area contributed by atoms with Crippen LogP contribution >= 0.6 is 11.3 Å². The van der Waals surface area contributed by atoms with Crippen molar-refractivity contribution in [3.8, 4) is 0 Å². The van der Waals surface area contributed by atoms with E-state index in [0.29, 0.717) is 13.0 Å². The predicted octanol–water partition coefficient (Wildman–Crippen LogP) is 4.04. The van der Waals surface area contributed by atoms with E-state index in [1.165, 1.54) is 11.1 Å². The van der Waals surface area contributed by atoms with Crippen molar-refractivity contribution >= 4 is 23.1 Å². The number of benzene rings is 1. The molecule has 1 aliphatic carbocycles. The van der Waals surface area contributed by atoms with Crippen molar-refractivity contribution in [2.45, 2.75) is 31.7 Å². The standard InChI is InChI=1S/C18H22N2O2S/c21-11-4-10-20(18(22)19-15-9-12-23-13-15)17-8-3-6-14-5-1-2-7-16(14)17/h1-2,5,7,9,12-13,17,21H,3-4,6,8,10-11H2,(H,19,22). The molecule has 1 aromatic heterocycles. The molecule has 5 heteroatoms. The molecule has 0 bridgehead atoms. The van der Waals surface area contributed by atoms with E-state index in [0.717, 1.165) is 24.9 Å². The van der Waals surface area contributed by atoms with Crippen molar-refractivity contribution in [2.75, 3.05) is 18.5 Å². The molecule has 3 rings (SSSR count).